The van der Waals surface area contributed by atoms with E-state index in [4.69, 9.17) is 4.74 Å². The zero-order chi connectivity index (χ0) is 23.7. The van der Waals surface area contributed by atoms with Gasteiger partial charge in [-0.15, -0.1) is 0 Å². The highest BCUT2D eigenvalue weighted by Crippen LogP contribution is 2.35. The molecular formula is C22H31N3O6S. The number of rotatable bonds is 13. The van der Waals surface area contributed by atoms with E-state index in [0.717, 1.165) is 36.3 Å². The standard InChI is InChI=1S/C22H31N3O6S/c1-4-13-23(14-5-2)16-19(26)17-24(32(29,30)20-9-7-6-8-10-20)21-15-18(25(27)28)11-12-22(21)31-3/h6-12,15,19,26H,4-5,13-14,16-17H2,1-3H3/t19-/m1/s1. The molecule has 0 saturated carbocycles. The molecule has 0 aliphatic carbocycles. The number of nitro benzene ring substituents is 1. The van der Waals surface area contributed by atoms with Crippen LogP contribution in [0.2, 0.25) is 0 Å². The van der Waals surface area contributed by atoms with Crippen molar-refractivity contribution in [3.8, 4) is 5.75 Å². The molecule has 176 valence electrons. The highest BCUT2D eigenvalue weighted by Gasteiger charge is 2.31. The molecule has 1 atom stereocenters. The van der Waals surface area contributed by atoms with Gasteiger partial charge >= 0.3 is 0 Å². The molecule has 0 amide bonds. The Bertz CT molecular complexity index is 978. The van der Waals surface area contributed by atoms with Crippen molar-refractivity contribution in [1.82, 2.24) is 4.90 Å². The maximum Gasteiger partial charge on any atom is 0.271 e. The summed E-state index contributed by atoms with van der Waals surface area (Å²) in [6.07, 6.45) is 0.782. The second-order valence-corrected chi connectivity index (χ2v) is 9.28. The van der Waals surface area contributed by atoms with Crippen molar-refractivity contribution in [3.63, 3.8) is 0 Å². The number of ether oxygens (including phenoxy) is 1. The fourth-order valence-corrected chi connectivity index (χ4v) is 5.03. The van der Waals surface area contributed by atoms with Crippen molar-refractivity contribution >= 4 is 21.4 Å². The first-order valence-corrected chi connectivity index (χ1v) is 12.0. The van der Waals surface area contributed by atoms with E-state index in [1.54, 1.807) is 18.2 Å². The number of hydrogen-bond acceptors (Lipinski definition) is 7. The molecule has 0 bridgehead atoms. The first-order valence-electron chi connectivity index (χ1n) is 10.5. The number of nitro groups is 1. The Kier molecular flexibility index (Phi) is 9.42. The molecule has 0 aromatic heterocycles. The minimum Gasteiger partial charge on any atom is -0.495 e. The highest BCUT2D eigenvalue weighted by molar-refractivity contribution is 7.92. The summed E-state index contributed by atoms with van der Waals surface area (Å²) in [4.78, 5) is 12.8. The summed E-state index contributed by atoms with van der Waals surface area (Å²) >= 11 is 0. The van der Waals surface area contributed by atoms with Crippen LogP contribution in [0.25, 0.3) is 0 Å². The van der Waals surface area contributed by atoms with Crippen molar-refractivity contribution in [3.05, 3.63) is 58.6 Å². The van der Waals surface area contributed by atoms with Crippen molar-refractivity contribution in [2.45, 2.75) is 37.7 Å². The largest absolute Gasteiger partial charge is 0.495 e. The minimum absolute atomic E-state index is 0.00198. The number of benzene rings is 2. The molecule has 2 aromatic rings. The van der Waals surface area contributed by atoms with E-state index in [0.29, 0.717) is 0 Å². The summed E-state index contributed by atoms with van der Waals surface area (Å²) in [6, 6.07) is 11.5. The van der Waals surface area contributed by atoms with E-state index in [2.05, 4.69) is 4.90 Å². The van der Waals surface area contributed by atoms with Gasteiger partial charge in [-0.25, -0.2) is 8.42 Å². The van der Waals surface area contributed by atoms with Crippen LogP contribution in [0.15, 0.2) is 53.4 Å². The van der Waals surface area contributed by atoms with Crippen LogP contribution in [-0.4, -0.2) is 62.7 Å². The monoisotopic (exact) mass is 465 g/mol. The fourth-order valence-electron chi connectivity index (χ4n) is 3.51. The Balaban J connectivity index is 2.52. The van der Waals surface area contributed by atoms with Gasteiger partial charge in [0.25, 0.3) is 15.7 Å². The molecule has 9 nitrogen and oxygen atoms in total. The van der Waals surface area contributed by atoms with Crippen molar-refractivity contribution in [2.75, 3.05) is 37.6 Å². The first-order chi connectivity index (χ1) is 15.2. The predicted octanol–water partition coefficient (Wildman–Crippen LogP) is 3.28. The summed E-state index contributed by atoms with van der Waals surface area (Å²) in [5.41, 5.74) is -0.274. The Morgan fingerprint density at radius 3 is 2.22 bits per heavy atom. The number of methoxy groups -OCH3 is 1. The zero-order valence-corrected chi connectivity index (χ0v) is 19.5. The van der Waals surface area contributed by atoms with Crippen molar-refractivity contribution < 1.29 is 23.2 Å². The topological polar surface area (TPSA) is 113 Å². The van der Waals surface area contributed by atoms with Crippen LogP contribution in [0.5, 0.6) is 5.75 Å². The van der Waals surface area contributed by atoms with Gasteiger partial charge in [-0.3, -0.25) is 14.4 Å². The summed E-state index contributed by atoms with van der Waals surface area (Å²) in [5, 5.41) is 22.2. The third-order valence-electron chi connectivity index (χ3n) is 4.90. The summed E-state index contributed by atoms with van der Waals surface area (Å²) in [6.45, 7) is 5.62. The summed E-state index contributed by atoms with van der Waals surface area (Å²) in [7, 11) is -2.77. The van der Waals surface area contributed by atoms with Gasteiger partial charge in [0.1, 0.15) is 11.4 Å². The van der Waals surface area contributed by atoms with Crippen LogP contribution < -0.4 is 9.04 Å². The van der Waals surface area contributed by atoms with Gasteiger partial charge < -0.3 is 14.7 Å². The predicted molar refractivity (Wildman–Crippen MR) is 124 cm³/mol. The third kappa shape index (κ3) is 6.41. The van der Waals surface area contributed by atoms with Gasteiger partial charge in [-0.2, -0.15) is 0 Å². The fraction of sp³-hybridized carbons (Fsp3) is 0.455. The minimum atomic E-state index is -4.13. The van der Waals surface area contributed by atoms with Gasteiger partial charge in [0.05, 0.1) is 29.6 Å². The highest BCUT2D eigenvalue weighted by atomic mass is 32.2. The summed E-state index contributed by atoms with van der Waals surface area (Å²) < 4.78 is 33.4. The smallest absolute Gasteiger partial charge is 0.271 e. The molecule has 2 aromatic carbocycles. The Morgan fingerprint density at radius 2 is 1.69 bits per heavy atom. The van der Waals surface area contributed by atoms with Crippen LogP contribution in [0.1, 0.15) is 26.7 Å². The van der Waals surface area contributed by atoms with E-state index in [9.17, 15) is 23.6 Å². The van der Waals surface area contributed by atoms with Crippen LogP contribution in [0, 0.1) is 10.1 Å². The summed E-state index contributed by atoms with van der Waals surface area (Å²) in [5.74, 6) is 0.154. The van der Waals surface area contributed by atoms with Gasteiger partial charge in [-0.1, -0.05) is 32.0 Å². The average Bonchev–Trinajstić information content (AvgIpc) is 2.77. The van der Waals surface area contributed by atoms with Crippen LogP contribution in [0.4, 0.5) is 11.4 Å². The molecule has 0 fully saturated rings. The van der Waals surface area contributed by atoms with E-state index in [1.807, 2.05) is 13.8 Å². The van der Waals surface area contributed by atoms with Gasteiger partial charge in [0.15, 0.2) is 0 Å². The number of nitrogens with zero attached hydrogens (tertiary/aromatic N) is 3. The lowest BCUT2D eigenvalue weighted by atomic mass is 10.2. The number of anilines is 1. The van der Waals surface area contributed by atoms with Gasteiger partial charge in [0.2, 0.25) is 0 Å². The number of aliphatic hydroxyl groups excluding tert-OH is 1. The van der Waals surface area contributed by atoms with E-state index in [1.165, 1.54) is 31.4 Å². The molecule has 2 rings (SSSR count). The molecule has 0 radical (unpaired) electrons. The van der Waals surface area contributed by atoms with E-state index in [-0.39, 0.29) is 35.1 Å². The maximum absolute atomic E-state index is 13.5. The normalized spacial score (nSPS) is 12.5. The number of sulfonamides is 1. The molecular weight excluding hydrogens is 434 g/mol. The second-order valence-electron chi connectivity index (χ2n) is 7.42. The van der Waals surface area contributed by atoms with Crippen molar-refractivity contribution in [2.24, 2.45) is 0 Å². The Hall–Kier alpha value is -2.69. The Morgan fingerprint density at radius 1 is 1.06 bits per heavy atom. The number of non-ortho nitro benzene ring substituents is 1. The SMILES string of the molecule is CCCN(CCC)C[C@@H](O)CN(c1cc([N+](=O)[O-])ccc1OC)S(=O)(=O)c1ccccc1. The zero-order valence-electron chi connectivity index (χ0n) is 18.7. The lowest BCUT2D eigenvalue weighted by molar-refractivity contribution is -0.384. The second kappa shape index (κ2) is 11.8. The molecule has 0 saturated heterocycles. The third-order valence-corrected chi connectivity index (χ3v) is 6.69. The molecule has 10 heteroatoms. The average molecular weight is 466 g/mol. The lowest BCUT2D eigenvalue weighted by Gasteiger charge is -2.30. The molecule has 0 unspecified atom stereocenters. The lowest BCUT2D eigenvalue weighted by Crippen LogP contribution is -2.43. The quantitative estimate of drug-likeness (QED) is 0.357. The van der Waals surface area contributed by atoms with Crippen molar-refractivity contribution in [1.29, 1.82) is 0 Å². The van der Waals surface area contributed by atoms with Crippen LogP contribution in [0.3, 0.4) is 0 Å². The van der Waals surface area contributed by atoms with Crippen LogP contribution >= 0.6 is 0 Å². The van der Waals surface area contributed by atoms with Crippen LogP contribution in [-0.2, 0) is 10.0 Å². The maximum atomic E-state index is 13.5. The van der Waals surface area contributed by atoms with Gasteiger partial charge in [-0.05, 0) is 44.1 Å². The first kappa shape index (κ1) is 25.6. The molecule has 32 heavy (non-hydrogen) atoms. The molecule has 0 heterocycles. The van der Waals surface area contributed by atoms with Gasteiger partial charge in [0, 0.05) is 18.7 Å². The molecule has 0 spiro atoms. The number of hydrogen-bond donors (Lipinski definition) is 1. The molecule has 1 N–H and O–H groups in total. The number of aliphatic hydroxyl groups is 1. The van der Waals surface area contributed by atoms with E-state index >= 15 is 0 Å². The van der Waals surface area contributed by atoms with E-state index < -0.39 is 21.1 Å². The molecule has 0 aliphatic rings. The molecule has 0 aliphatic heterocycles. The Labute approximate surface area is 189 Å².